The molecular formula is C24H16N2O6. The summed E-state index contributed by atoms with van der Waals surface area (Å²) in [5.74, 6) is -2.10. The Labute approximate surface area is 182 Å². The van der Waals surface area contributed by atoms with Gasteiger partial charge in [0, 0.05) is 0 Å². The molecule has 1 saturated heterocycles. The molecule has 0 aliphatic carbocycles. The zero-order valence-electron chi connectivity index (χ0n) is 16.5. The van der Waals surface area contributed by atoms with Gasteiger partial charge >= 0.3 is 11.9 Å². The summed E-state index contributed by atoms with van der Waals surface area (Å²) in [6.45, 7) is 0. The van der Waals surface area contributed by atoms with Crippen LogP contribution in [0, 0.1) is 0 Å². The Hall–Kier alpha value is -4.46. The number of carbonyl (C=O) groups excluding carboxylic acids is 4. The number of piperazine rings is 1. The van der Waals surface area contributed by atoms with Crippen molar-refractivity contribution in [3.63, 3.8) is 0 Å². The molecule has 0 saturated carbocycles. The molecule has 3 heterocycles. The highest BCUT2D eigenvalue weighted by Crippen LogP contribution is 2.42. The van der Waals surface area contributed by atoms with Crippen LogP contribution >= 0.6 is 0 Å². The number of rotatable bonds is 4. The van der Waals surface area contributed by atoms with Crippen molar-refractivity contribution in [1.82, 2.24) is 10.6 Å². The average molecular weight is 428 g/mol. The summed E-state index contributed by atoms with van der Waals surface area (Å²) in [4.78, 5) is 49.8. The lowest BCUT2D eigenvalue weighted by Gasteiger charge is -2.38. The van der Waals surface area contributed by atoms with Crippen LogP contribution in [0.25, 0.3) is 0 Å². The van der Waals surface area contributed by atoms with Crippen molar-refractivity contribution in [2.24, 2.45) is 0 Å². The summed E-state index contributed by atoms with van der Waals surface area (Å²) in [5.41, 5.74) is 1.57. The Morgan fingerprint density at radius 3 is 1.38 bits per heavy atom. The van der Waals surface area contributed by atoms with E-state index in [4.69, 9.17) is 9.47 Å². The van der Waals surface area contributed by atoms with Gasteiger partial charge in [-0.3, -0.25) is 9.59 Å². The molecular weight excluding hydrogens is 412 g/mol. The molecule has 3 aromatic rings. The second-order valence-electron chi connectivity index (χ2n) is 7.32. The molecule has 0 aromatic heterocycles. The van der Waals surface area contributed by atoms with E-state index in [0.29, 0.717) is 22.3 Å². The number of amides is 2. The van der Waals surface area contributed by atoms with Crippen molar-refractivity contribution in [2.75, 3.05) is 0 Å². The van der Waals surface area contributed by atoms with Crippen molar-refractivity contribution in [3.8, 4) is 11.5 Å². The summed E-state index contributed by atoms with van der Waals surface area (Å²) in [5, 5.41) is 5.24. The minimum atomic E-state index is -0.921. The van der Waals surface area contributed by atoms with Crippen LogP contribution in [-0.2, 0) is 9.59 Å². The quantitative estimate of drug-likeness (QED) is 0.488. The molecule has 3 aliphatic rings. The summed E-state index contributed by atoms with van der Waals surface area (Å²) in [6, 6.07) is 17.7. The molecule has 8 heteroatoms. The summed E-state index contributed by atoms with van der Waals surface area (Å²) in [7, 11) is 0. The number of fused-ring (bicyclic) bond motifs is 2. The maximum atomic E-state index is 12.7. The second-order valence-corrected chi connectivity index (χ2v) is 7.32. The Balaban J connectivity index is 1.56. The van der Waals surface area contributed by atoms with Crippen molar-refractivity contribution in [1.29, 1.82) is 0 Å². The van der Waals surface area contributed by atoms with Crippen LogP contribution in [-0.4, -0.2) is 23.8 Å². The van der Waals surface area contributed by atoms with Gasteiger partial charge < -0.3 is 20.1 Å². The van der Waals surface area contributed by atoms with E-state index in [1.807, 2.05) is 0 Å². The highest BCUT2D eigenvalue weighted by molar-refractivity contribution is 6.02. The third kappa shape index (κ3) is 3.37. The molecule has 2 N–H and O–H groups in total. The fourth-order valence-corrected chi connectivity index (χ4v) is 3.74. The molecule has 32 heavy (non-hydrogen) atoms. The molecule has 2 unspecified atom stereocenters. The number of nitrogens with one attached hydrogen (secondary N) is 2. The number of esters is 2. The zero-order chi connectivity index (χ0) is 22.2. The standard InChI is InChI=1S/C24H16N2O6/c27-21-19-15-11-17(31-23(29)13-7-3-1-4-8-13)18(12-16(15)20(26-21)22(28)25-19)32-24(30)14-9-5-2-6-10-14/h1-12,19-20H,(H,25,28)(H,26,27). The number of benzene rings is 3. The van der Waals surface area contributed by atoms with Crippen LogP contribution in [0.2, 0.25) is 0 Å². The first-order valence-electron chi connectivity index (χ1n) is 9.84. The first-order chi connectivity index (χ1) is 15.5. The molecule has 2 amide bonds. The van der Waals surface area contributed by atoms with Gasteiger partial charge in [0.25, 0.3) is 0 Å². The molecule has 0 radical (unpaired) electrons. The molecule has 2 bridgehead atoms. The predicted octanol–water partition coefficient (Wildman–Crippen LogP) is 2.47. The first kappa shape index (κ1) is 19.5. The molecule has 1 fully saturated rings. The van der Waals surface area contributed by atoms with E-state index >= 15 is 0 Å². The number of hydrogen-bond acceptors (Lipinski definition) is 6. The van der Waals surface area contributed by atoms with Crippen LogP contribution < -0.4 is 20.1 Å². The van der Waals surface area contributed by atoms with Crippen LogP contribution in [0.4, 0.5) is 0 Å². The number of carbonyl (C=O) groups is 4. The third-order valence-corrected chi connectivity index (χ3v) is 5.29. The van der Waals surface area contributed by atoms with E-state index in [9.17, 15) is 19.2 Å². The molecule has 8 nitrogen and oxygen atoms in total. The fraction of sp³-hybridized carbons (Fsp3) is 0.0833. The Kier molecular flexibility index (Phi) is 4.67. The highest BCUT2D eigenvalue weighted by Gasteiger charge is 2.44. The third-order valence-electron chi connectivity index (χ3n) is 5.29. The van der Waals surface area contributed by atoms with E-state index in [0.717, 1.165) is 0 Å². The minimum Gasteiger partial charge on any atom is -0.419 e. The Morgan fingerprint density at radius 2 is 1.00 bits per heavy atom. The topological polar surface area (TPSA) is 111 Å². The van der Waals surface area contributed by atoms with E-state index < -0.39 is 24.0 Å². The van der Waals surface area contributed by atoms with Crippen molar-refractivity contribution < 1.29 is 28.7 Å². The van der Waals surface area contributed by atoms with Gasteiger partial charge in [0.2, 0.25) is 11.8 Å². The monoisotopic (exact) mass is 428 g/mol. The predicted molar refractivity (Wildman–Crippen MR) is 111 cm³/mol. The molecule has 3 aromatic carbocycles. The fourth-order valence-electron chi connectivity index (χ4n) is 3.74. The molecule has 3 aliphatic heterocycles. The van der Waals surface area contributed by atoms with Crippen LogP contribution in [0.15, 0.2) is 72.8 Å². The molecule has 158 valence electrons. The second kappa shape index (κ2) is 7.66. The van der Waals surface area contributed by atoms with Gasteiger partial charge in [-0.25, -0.2) is 9.59 Å². The van der Waals surface area contributed by atoms with Crippen molar-refractivity contribution in [3.05, 3.63) is 95.1 Å². The molecule has 2 atom stereocenters. The van der Waals surface area contributed by atoms with Gasteiger partial charge in [-0.2, -0.15) is 0 Å². The van der Waals surface area contributed by atoms with E-state index in [2.05, 4.69) is 10.6 Å². The molecule has 0 spiro atoms. The highest BCUT2D eigenvalue weighted by atomic mass is 16.6. The normalized spacial score (nSPS) is 18.2. The lowest BCUT2D eigenvalue weighted by molar-refractivity contribution is -0.138. The molecule has 6 rings (SSSR count). The van der Waals surface area contributed by atoms with Gasteiger partial charge in [0.05, 0.1) is 11.1 Å². The SMILES string of the molecule is O=C(Oc1cc2c(cc1OC(=O)c1ccccc1)C1NC(=O)C2NC1=O)c1ccccc1. The number of hydrogen-bond donors (Lipinski definition) is 2. The maximum absolute atomic E-state index is 12.7. The van der Waals surface area contributed by atoms with Gasteiger partial charge in [0.1, 0.15) is 12.1 Å². The van der Waals surface area contributed by atoms with Crippen LogP contribution in [0.3, 0.4) is 0 Å². The van der Waals surface area contributed by atoms with Crippen LogP contribution in [0.5, 0.6) is 11.5 Å². The summed E-state index contributed by atoms with van der Waals surface area (Å²) < 4.78 is 11.1. The smallest absolute Gasteiger partial charge is 0.343 e. The largest absolute Gasteiger partial charge is 0.419 e. The van der Waals surface area contributed by atoms with E-state index in [-0.39, 0.29) is 23.3 Å². The summed E-state index contributed by atoms with van der Waals surface area (Å²) in [6.07, 6.45) is 0. The van der Waals surface area contributed by atoms with E-state index in [1.54, 1.807) is 60.7 Å². The van der Waals surface area contributed by atoms with E-state index in [1.165, 1.54) is 12.1 Å². The van der Waals surface area contributed by atoms with Crippen molar-refractivity contribution >= 4 is 23.8 Å². The lowest BCUT2D eigenvalue weighted by Crippen LogP contribution is -2.57. The van der Waals surface area contributed by atoms with Crippen molar-refractivity contribution in [2.45, 2.75) is 12.1 Å². The summed E-state index contributed by atoms with van der Waals surface area (Å²) >= 11 is 0. The first-order valence-corrected chi connectivity index (χ1v) is 9.84. The van der Waals surface area contributed by atoms with Gasteiger partial charge in [-0.1, -0.05) is 36.4 Å². The average Bonchev–Trinajstić information content (AvgIpc) is 2.81. The lowest BCUT2D eigenvalue weighted by atomic mass is 9.85. The minimum absolute atomic E-state index is 0.0310. The van der Waals surface area contributed by atoms with Gasteiger partial charge in [-0.15, -0.1) is 0 Å². The van der Waals surface area contributed by atoms with Crippen LogP contribution in [0.1, 0.15) is 43.9 Å². The Morgan fingerprint density at radius 1 is 0.625 bits per heavy atom. The number of ether oxygens (including phenoxy) is 2. The van der Waals surface area contributed by atoms with Gasteiger partial charge in [0.15, 0.2) is 11.5 Å². The van der Waals surface area contributed by atoms with Gasteiger partial charge in [-0.05, 0) is 47.5 Å². The Bertz CT molecular complexity index is 1160. The maximum Gasteiger partial charge on any atom is 0.343 e. The zero-order valence-corrected chi connectivity index (χ0v) is 16.5.